The lowest BCUT2D eigenvalue weighted by atomic mass is 10.1. The number of amides is 2. The van der Waals surface area contributed by atoms with E-state index < -0.39 is 17.8 Å². The number of nitrogens with zero attached hydrogens (tertiary/aromatic N) is 3. The molecule has 1 aromatic carbocycles. The van der Waals surface area contributed by atoms with Crippen LogP contribution >= 0.6 is 11.6 Å². The molecule has 136 valence electrons. The minimum atomic E-state index is -0.596. The number of rotatable bonds is 3. The predicted molar refractivity (Wildman–Crippen MR) is 95.1 cm³/mol. The van der Waals surface area contributed by atoms with Gasteiger partial charge >= 0.3 is 0 Å². The summed E-state index contributed by atoms with van der Waals surface area (Å²) >= 11 is 5.76. The van der Waals surface area contributed by atoms with Crippen LogP contribution in [0.5, 0.6) is 0 Å². The number of carbonyl (C=O) groups excluding carboxylic acids is 2. The summed E-state index contributed by atoms with van der Waals surface area (Å²) in [6.07, 6.45) is 0.641. The van der Waals surface area contributed by atoms with E-state index in [0.29, 0.717) is 18.5 Å². The zero-order chi connectivity index (χ0) is 19.0. The van der Waals surface area contributed by atoms with Crippen molar-refractivity contribution in [3.8, 4) is 6.07 Å². The Morgan fingerprint density at radius 1 is 1.50 bits per heavy atom. The number of halogens is 2. The second-order valence-corrected chi connectivity index (χ2v) is 7.11. The highest BCUT2D eigenvalue weighted by Gasteiger charge is 2.33. The number of carbonyl (C=O) groups is 2. The molecule has 2 atom stereocenters. The summed E-state index contributed by atoms with van der Waals surface area (Å²) in [5, 5.41) is 9.38. The van der Waals surface area contributed by atoms with Gasteiger partial charge in [0.2, 0.25) is 5.91 Å². The van der Waals surface area contributed by atoms with Crippen molar-refractivity contribution in [3.05, 3.63) is 34.7 Å². The largest absolute Gasteiger partial charge is 0.350 e. The van der Waals surface area contributed by atoms with Crippen LogP contribution in [0.3, 0.4) is 0 Å². The number of hydrogen-bond acceptors (Lipinski definition) is 3. The van der Waals surface area contributed by atoms with E-state index in [4.69, 9.17) is 11.6 Å². The van der Waals surface area contributed by atoms with Gasteiger partial charge in [-0.3, -0.25) is 9.59 Å². The van der Waals surface area contributed by atoms with E-state index in [9.17, 15) is 19.2 Å². The van der Waals surface area contributed by atoms with Gasteiger partial charge in [-0.05, 0) is 30.5 Å². The molecule has 1 aromatic heterocycles. The Bertz CT molecular complexity index is 920. The minimum absolute atomic E-state index is 0.0234. The van der Waals surface area contributed by atoms with Gasteiger partial charge in [-0.1, -0.05) is 18.5 Å². The highest BCUT2D eigenvalue weighted by Crippen LogP contribution is 2.26. The molecule has 2 unspecified atom stereocenters. The van der Waals surface area contributed by atoms with E-state index in [0.717, 1.165) is 0 Å². The average molecular weight is 377 g/mol. The molecule has 1 N–H and O–H groups in total. The molecule has 2 aromatic rings. The lowest BCUT2D eigenvalue weighted by Crippen LogP contribution is -2.43. The fourth-order valence-corrected chi connectivity index (χ4v) is 3.44. The van der Waals surface area contributed by atoms with Gasteiger partial charge in [0.05, 0.1) is 17.6 Å². The van der Waals surface area contributed by atoms with Crippen LogP contribution in [0, 0.1) is 23.1 Å². The molecule has 2 heterocycles. The first-order valence-electron chi connectivity index (χ1n) is 8.23. The molecule has 1 aliphatic rings. The van der Waals surface area contributed by atoms with E-state index >= 15 is 0 Å². The van der Waals surface area contributed by atoms with E-state index in [1.165, 1.54) is 29.0 Å². The average Bonchev–Trinajstić information content (AvgIpc) is 3.21. The van der Waals surface area contributed by atoms with Crippen molar-refractivity contribution in [3.63, 3.8) is 0 Å². The quantitative estimate of drug-likeness (QED) is 0.894. The highest BCUT2D eigenvalue weighted by molar-refractivity contribution is 6.31. The molecular formula is C18H18ClFN4O2. The van der Waals surface area contributed by atoms with Crippen molar-refractivity contribution in [2.45, 2.75) is 19.4 Å². The van der Waals surface area contributed by atoms with Crippen LogP contribution in [0.4, 0.5) is 4.39 Å². The SMILES string of the molecule is CC1CC(C#N)N(C(=O)CN(C)C(=O)c2cc3c(F)c(Cl)ccc3[nH]2)C1. The Morgan fingerprint density at radius 3 is 2.92 bits per heavy atom. The first-order valence-corrected chi connectivity index (χ1v) is 8.61. The third kappa shape index (κ3) is 3.25. The van der Waals surface area contributed by atoms with Crippen LogP contribution in [0.2, 0.25) is 5.02 Å². The molecule has 0 spiro atoms. The van der Waals surface area contributed by atoms with Crippen molar-refractivity contribution < 1.29 is 14.0 Å². The second kappa shape index (κ2) is 6.96. The molecule has 0 radical (unpaired) electrons. The maximum absolute atomic E-state index is 14.0. The molecular weight excluding hydrogens is 359 g/mol. The smallest absolute Gasteiger partial charge is 0.270 e. The maximum atomic E-state index is 14.0. The number of nitrogens with one attached hydrogen (secondary N) is 1. The number of likely N-dealkylation sites (tertiary alicyclic amines) is 1. The number of likely N-dealkylation sites (N-methyl/N-ethyl adjacent to an activating group) is 1. The van der Waals surface area contributed by atoms with Crippen LogP contribution in [0.25, 0.3) is 10.9 Å². The van der Waals surface area contributed by atoms with Gasteiger partial charge in [0, 0.05) is 24.5 Å². The zero-order valence-corrected chi connectivity index (χ0v) is 15.2. The fourth-order valence-electron chi connectivity index (χ4n) is 3.27. The third-order valence-corrected chi connectivity index (χ3v) is 4.91. The Hall–Kier alpha value is -2.59. The first kappa shape index (κ1) is 18.2. The minimum Gasteiger partial charge on any atom is -0.350 e. The monoisotopic (exact) mass is 376 g/mol. The number of benzene rings is 1. The Morgan fingerprint density at radius 2 is 2.23 bits per heavy atom. The summed E-state index contributed by atoms with van der Waals surface area (Å²) in [6, 6.07) is 6.06. The van der Waals surface area contributed by atoms with Crippen molar-refractivity contribution >= 4 is 34.3 Å². The molecule has 3 rings (SSSR count). The van der Waals surface area contributed by atoms with Gasteiger partial charge in [0.1, 0.15) is 11.7 Å². The number of nitriles is 1. The maximum Gasteiger partial charge on any atom is 0.270 e. The van der Waals surface area contributed by atoms with Gasteiger partial charge in [-0.2, -0.15) is 5.26 Å². The van der Waals surface area contributed by atoms with E-state index in [1.54, 1.807) is 6.07 Å². The van der Waals surface area contributed by atoms with Crippen molar-refractivity contribution in [2.24, 2.45) is 5.92 Å². The lowest BCUT2D eigenvalue weighted by molar-refractivity contribution is -0.131. The molecule has 1 aliphatic heterocycles. The number of fused-ring (bicyclic) bond motifs is 1. The fraction of sp³-hybridized carbons (Fsp3) is 0.389. The zero-order valence-electron chi connectivity index (χ0n) is 14.4. The normalized spacial score (nSPS) is 19.6. The molecule has 0 bridgehead atoms. The summed E-state index contributed by atoms with van der Waals surface area (Å²) in [4.78, 5) is 30.7. The Kier molecular flexibility index (Phi) is 4.88. The number of aromatic nitrogens is 1. The first-order chi connectivity index (χ1) is 12.3. The van der Waals surface area contributed by atoms with Gasteiger partial charge in [0.15, 0.2) is 5.82 Å². The molecule has 2 amide bonds. The standard InChI is InChI=1S/C18H18ClFN4O2/c1-10-5-11(7-21)24(8-10)16(25)9-23(2)18(26)15-6-12-14(22-15)4-3-13(19)17(12)20/h3-4,6,10-11,22H,5,8-9H2,1-2H3. The number of aromatic amines is 1. The molecule has 8 heteroatoms. The van der Waals surface area contributed by atoms with Crippen LogP contribution in [-0.4, -0.2) is 52.8 Å². The summed E-state index contributed by atoms with van der Waals surface area (Å²) in [5.41, 5.74) is 0.621. The van der Waals surface area contributed by atoms with E-state index in [1.807, 2.05) is 6.92 Å². The summed E-state index contributed by atoms with van der Waals surface area (Å²) in [5.74, 6) is -1.06. The Balaban J connectivity index is 1.75. The van der Waals surface area contributed by atoms with E-state index in [2.05, 4.69) is 11.1 Å². The van der Waals surface area contributed by atoms with Crippen LogP contribution in [-0.2, 0) is 4.79 Å². The number of hydrogen-bond donors (Lipinski definition) is 1. The van der Waals surface area contributed by atoms with Crippen LogP contribution < -0.4 is 0 Å². The molecule has 0 saturated carbocycles. The van der Waals surface area contributed by atoms with Crippen molar-refractivity contribution in [2.75, 3.05) is 20.1 Å². The predicted octanol–water partition coefficient (Wildman–Crippen LogP) is 2.79. The van der Waals surface area contributed by atoms with Crippen molar-refractivity contribution in [1.82, 2.24) is 14.8 Å². The molecule has 1 saturated heterocycles. The second-order valence-electron chi connectivity index (χ2n) is 6.70. The summed E-state index contributed by atoms with van der Waals surface area (Å²) in [6.45, 7) is 2.34. The lowest BCUT2D eigenvalue weighted by Gasteiger charge is -2.23. The van der Waals surface area contributed by atoms with Crippen LogP contribution in [0.1, 0.15) is 23.8 Å². The van der Waals surface area contributed by atoms with Gasteiger partial charge in [0.25, 0.3) is 5.91 Å². The van der Waals surface area contributed by atoms with Gasteiger partial charge in [-0.25, -0.2) is 4.39 Å². The molecule has 0 aliphatic carbocycles. The van der Waals surface area contributed by atoms with Crippen LogP contribution in [0.15, 0.2) is 18.2 Å². The highest BCUT2D eigenvalue weighted by atomic mass is 35.5. The molecule has 26 heavy (non-hydrogen) atoms. The number of H-pyrrole nitrogens is 1. The third-order valence-electron chi connectivity index (χ3n) is 4.62. The molecule has 6 nitrogen and oxygen atoms in total. The summed E-state index contributed by atoms with van der Waals surface area (Å²) < 4.78 is 14.0. The van der Waals surface area contributed by atoms with Crippen molar-refractivity contribution in [1.29, 1.82) is 5.26 Å². The van der Waals surface area contributed by atoms with E-state index in [-0.39, 0.29) is 34.5 Å². The topological polar surface area (TPSA) is 80.2 Å². The van der Waals surface area contributed by atoms with Gasteiger partial charge in [-0.15, -0.1) is 0 Å². The Labute approximate surface area is 155 Å². The van der Waals surface area contributed by atoms with Gasteiger partial charge < -0.3 is 14.8 Å². The molecule has 1 fully saturated rings. The summed E-state index contributed by atoms with van der Waals surface area (Å²) in [7, 11) is 1.50.